The van der Waals surface area contributed by atoms with Crippen LogP contribution < -0.4 is 5.32 Å². The van der Waals surface area contributed by atoms with Gasteiger partial charge in [0.15, 0.2) is 0 Å². The minimum atomic E-state index is 0.541. The van der Waals surface area contributed by atoms with Crippen LogP contribution in [0.25, 0.3) is 0 Å². The largest absolute Gasteiger partial charge is 0.381 e. The maximum absolute atomic E-state index is 5.33. The van der Waals surface area contributed by atoms with Crippen LogP contribution in [0.5, 0.6) is 0 Å². The van der Waals surface area contributed by atoms with Crippen molar-refractivity contribution in [3.05, 3.63) is 0 Å². The number of methoxy groups -OCH3 is 1. The lowest BCUT2D eigenvalue weighted by atomic mass is 10.0. The van der Waals surface area contributed by atoms with E-state index in [-0.39, 0.29) is 0 Å². The van der Waals surface area contributed by atoms with Crippen LogP contribution in [0.4, 0.5) is 0 Å². The molecule has 1 N–H and O–H groups in total. The normalized spacial score (nSPS) is 45.9. The molecule has 0 radical (unpaired) electrons. The molecule has 0 aromatic rings. The van der Waals surface area contributed by atoms with E-state index in [4.69, 9.17) is 4.74 Å². The second-order valence-electron chi connectivity index (χ2n) is 3.47. The molecule has 0 spiro atoms. The third kappa shape index (κ3) is 1.06. The molecule has 2 fully saturated rings. The molecule has 2 nitrogen and oxygen atoms in total. The van der Waals surface area contributed by atoms with Gasteiger partial charge in [-0.15, -0.1) is 0 Å². The first-order chi connectivity index (χ1) is 4.88. The Bertz CT molecular complexity index is 114. The smallest absolute Gasteiger partial charge is 0.0601 e. The molecule has 2 saturated heterocycles. The van der Waals surface area contributed by atoms with E-state index in [1.54, 1.807) is 0 Å². The van der Waals surface area contributed by atoms with E-state index in [0.29, 0.717) is 6.10 Å². The monoisotopic (exact) mass is 141 g/mol. The first-order valence-electron chi connectivity index (χ1n) is 4.17. The third-order valence-corrected chi connectivity index (χ3v) is 2.76. The summed E-state index contributed by atoms with van der Waals surface area (Å²) in [6.45, 7) is 0. The third-order valence-electron chi connectivity index (χ3n) is 2.76. The van der Waals surface area contributed by atoms with Crippen LogP contribution in [0.1, 0.15) is 25.7 Å². The van der Waals surface area contributed by atoms with Gasteiger partial charge in [0.25, 0.3) is 0 Å². The van der Waals surface area contributed by atoms with E-state index < -0.39 is 0 Å². The van der Waals surface area contributed by atoms with Crippen LogP contribution in [0.2, 0.25) is 0 Å². The van der Waals surface area contributed by atoms with Gasteiger partial charge in [-0.3, -0.25) is 0 Å². The fourth-order valence-electron chi connectivity index (χ4n) is 2.20. The Labute approximate surface area is 61.9 Å². The maximum atomic E-state index is 5.33. The number of nitrogens with one attached hydrogen (secondary N) is 1. The summed E-state index contributed by atoms with van der Waals surface area (Å²) in [6.07, 6.45) is 5.73. The van der Waals surface area contributed by atoms with E-state index in [0.717, 1.165) is 12.1 Å². The molecule has 0 aromatic heterocycles. The van der Waals surface area contributed by atoms with Gasteiger partial charge in [-0.25, -0.2) is 0 Å². The first kappa shape index (κ1) is 6.62. The van der Waals surface area contributed by atoms with E-state index in [1.165, 1.54) is 25.7 Å². The standard InChI is InChI=1S/C8H15NO/c1-10-8-4-6-2-3-7(5-8)9-6/h6-9H,2-5H2,1H3/t6-,7+,8-. The second kappa shape index (κ2) is 2.51. The summed E-state index contributed by atoms with van der Waals surface area (Å²) in [5, 5.41) is 3.57. The molecule has 3 atom stereocenters. The zero-order chi connectivity index (χ0) is 6.97. The summed E-state index contributed by atoms with van der Waals surface area (Å²) < 4.78 is 5.33. The Morgan fingerprint density at radius 1 is 1.20 bits per heavy atom. The highest BCUT2D eigenvalue weighted by Crippen LogP contribution is 2.27. The molecule has 2 bridgehead atoms. The topological polar surface area (TPSA) is 21.3 Å². The predicted molar refractivity (Wildman–Crippen MR) is 40.0 cm³/mol. The van der Waals surface area contributed by atoms with Gasteiger partial charge in [0.2, 0.25) is 0 Å². The predicted octanol–water partition coefficient (Wildman–Crippen LogP) is 0.916. The highest BCUT2D eigenvalue weighted by molar-refractivity contribution is 4.92. The van der Waals surface area contributed by atoms with Gasteiger partial charge in [-0.05, 0) is 25.7 Å². The van der Waals surface area contributed by atoms with Crippen LogP contribution in [0.3, 0.4) is 0 Å². The van der Waals surface area contributed by atoms with Crippen LogP contribution in [-0.4, -0.2) is 25.3 Å². The number of fused-ring (bicyclic) bond motifs is 2. The molecule has 2 aliphatic heterocycles. The van der Waals surface area contributed by atoms with E-state index >= 15 is 0 Å². The van der Waals surface area contributed by atoms with Crippen molar-refractivity contribution >= 4 is 0 Å². The summed E-state index contributed by atoms with van der Waals surface area (Å²) >= 11 is 0. The fraction of sp³-hybridized carbons (Fsp3) is 1.00. The minimum absolute atomic E-state index is 0.541. The van der Waals surface area contributed by atoms with Gasteiger partial charge >= 0.3 is 0 Å². The van der Waals surface area contributed by atoms with Crippen molar-refractivity contribution in [2.75, 3.05) is 7.11 Å². The molecular weight excluding hydrogens is 126 g/mol. The summed E-state index contributed by atoms with van der Waals surface area (Å²) in [4.78, 5) is 0. The molecule has 0 saturated carbocycles. The highest BCUT2D eigenvalue weighted by Gasteiger charge is 2.33. The Morgan fingerprint density at radius 3 is 2.30 bits per heavy atom. The number of hydrogen-bond acceptors (Lipinski definition) is 2. The fourth-order valence-corrected chi connectivity index (χ4v) is 2.20. The molecule has 2 aliphatic rings. The molecule has 2 heteroatoms. The Morgan fingerprint density at radius 2 is 1.80 bits per heavy atom. The van der Waals surface area contributed by atoms with Crippen molar-refractivity contribution < 1.29 is 4.74 Å². The van der Waals surface area contributed by atoms with Gasteiger partial charge in [0.1, 0.15) is 0 Å². The number of hydrogen-bond donors (Lipinski definition) is 1. The Kier molecular flexibility index (Phi) is 1.66. The van der Waals surface area contributed by atoms with E-state index in [1.807, 2.05) is 7.11 Å². The average Bonchev–Trinajstić information content (AvgIpc) is 2.30. The van der Waals surface area contributed by atoms with Gasteiger partial charge in [0.05, 0.1) is 6.10 Å². The quantitative estimate of drug-likeness (QED) is 0.586. The van der Waals surface area contributed by atoms with Crippen molar-refractivity contribution in [2.45, 2.75) is 43.9 Å². The molecule has 10 heavy (non-hydrogen) atoms. The van der Waals surface area contributed by atoms with Crippen LogP contribution in [-0.2, 0) is 4.74 Å². The van der Waals surface area contributed by atoms with Crippen molar-refractivity contribution in [1.29, 1.82) is 0 Å². The van der Waals surface area contributed by atoms with Gasteiger partial charge in [0, 0.05) is 19.2 Å². The summed E-state index contributed by atoms with van der Waals surface area (Å²) in [5.74, 6) is 0. The minimum Gasteiger partial charge on any atom is -0.381 e. The molecular formula is C8H15NO. The SMILES string of the molecule is CO[C@@H]1C[C@H]2CC[C@@H](C1)N2. The van der Waals surface area contributed by atoms with Gasteiger partial charge < -0.3 is 10.1 Å². The molecule has 58 valence electrons. The molecule has 2 rings (SSSR count). The lowest BCUT2D eigenvalue weighted by Crippen LogP contribution is -2.40. The lowest BCUT2D eigenvalue weighted by molar-refractivity contribution is 0.0601. The average molecular weight is 141 g/mol. The van der Waals surface area contributed by atoms with Gasteiger partial charge in [-0.1, -0.05) is 0 Å². The van der Waals surface area contributed by atoms with Crippen LogP contribution in [0, 0.1) is 0 Å². The molecule has 0 aromatic carbocycles. The van der Waals surface area contributed by atoms with Crippen LogP contribution >= 0.6 is 0 Å². The second-order valence-corrected chi connectivity index (χ2v) is 3.47. The zero-order valence-corrected chi connectivity index (χ0v) is 6.47. The molecule has 0 unspecified atom stereocenters. The summed E-state index contributed by atoms with van der Waals surface area (Å²) in [5.41, 5.74) is 0. The van der Waals surface area contributed by atoms with Crippen LogP contribution in [0.15, 0.2) is 0 Å². The molecule has 0 aliphatic carbocycles. The van der Waals surface area contributed by atoms with Crippen molar-refractivity contribution in [2.24, 2.45) is 0 Å². The van der Waals surface area contributed by atoms with E-state index in [2.05, 4.69) is 5.32 Å². The number of ether oxygens (including phenoxy) is 1. The molecule has 0 amide bonds. The maximum Gasteiger partial charge on any atom is 0.0601 e. The van der Waals surface area contributed by atoms with Crippen molar-refractivity contribution in [3.8, 4) is 0 Å². The molecule has 2 heterocycles. The van der Waals surface area contributed by atoms with E-state index in [9.17, 15) is 0 Å². The van der Waals surface area contributed by atoms with Crippen molar-refractivity contribution in [1.82, 2.24) is 5.32 Å². The van der Waals surface area contributed by atoms with Crippen molar-refractivity contribution in [3.63, 3.8) is 0 Å². The zero-order valence-electron chi connectivity index (χ0n) is 6.47. The first-order valence-corrected chi connectivity index (χ1v) is 4.17. The Hall–Kier alpha value is -0.0800. The number of piperidine rings is 1. The highest BCUT2D eigenvalue weighted by atomic mass is 16.5. The van der Waals surface area contributed by atoms with Gasteiger partial charge in [-0.2, -0.15) is 0 Å². The Balaban J connectivity index is 1.96. The number of rotatable bonds is 1. The lowest BCUT2D eigenvalue weighted by Gasteiger charge is -2.27. The summed E-state index contributed by atoms with van der Waals surface area (Å²) in [7, 11) is 1.83. The summed E-state index contributed by atoms with van der Waals surface area (Å²) in [6, 6.07) is 1.53.